The molecule has 0 saturated carbocycles. The Morgan fingerprint density at radius 3 is 2.50 bits per heavy atom. The number of benzene rings is 1. The van der Waals surface area contributed by atoms with E-state index in [-0.39, 0.29) is 11.4 Å². The minimum absolute atomic E-state index is 0.198. The zero-order chi connectivity index (χ0) is 14.9. The Hall–Kier alpha value is -1.79. The van der Waals surface area contributed by atoms with Gasteiger partial charge >= 0.3 is 0 Å². The van der Waals surface area contributed by atoms with Gasteiger partial charge in [-0.05, 0) is 37.6 Å². The van der Waals surface area contributed by atoms with Crippen LogP contribution in [0.3, 0.4) is 0 Å². The van der Waals surface area contributed by atoms with E-state index in [0.717, 1.165) is 16.9 Å². The van der Waals surface area contributed by atoms with Crippen molar-refractivity contribution in [2.24, 2.45) is 0 Å². The standard InChI is InChI=1S/C14H18N2O3S/c1-10-4-5-13(8-14(10)15)20(17,18)16(3)9-12-6-7-19-11(12)2/h4-8H,9,15H2,1-3H3. The molecule has 0 saturated heterocycles. The number of sulfonamides is 1. The van der Waals surface area contributed by atoms with E-state index in [1.54, 1.807) is 31.4 Å². The highest BCUT2D eigenvalue weighted by Gasteiger charge is 2.22. The quantitative estimate of drug-likeness (QED) is 0.878. The van der Waals surface area contributed by atoms with Crippen LogP contribution in [-0.2, 0) is 16.6 Å². The van der Waals surface area contributed by atoms with Crippen LogP contribution in [0, 0.1) is 13.8 Å². The maximum Gasteiger partial charge on any atom is 0.243 e. The molecule has 2 aromatic rings. The molecule has 0 atom stereocenters. The lowest BCUT2D eigenvalue weighted by Gasteiger charge is -2.17. The number of aryl methyl sites for hydroxylation is 2. The third-order valence-electron chi connectivity index (χ3n) is 3.32. The Labute approximate surface area is 119 Å². The summed E-state index contributed by atoms with van der Waals surface area (Å²) < 4.78 is 31.4. The molecule has 0 unspecified atom stereocenters. The Kier molecular flexibility index (Phi) is 3.87. The molecule has 1 aromatic carbocycles. The lowest BCUT2D eigenvalue weighted by atomic mass is 10.2. The highest BCUT2D eigenvalue weighted by molar-refractivity contribution is 7.89. The SMILES string of the molecule is Cc1ccc(S(=O)(=O)N(C)Cc2ccoc2C)cc1N. The predicted molar refractivity (Wildman–Crippen MR) is 77.7 cm³/mol. The van der Waals surface area contributed by atoms with Crippen LogP contribution in [0.15, 0.2) is 39.8 Å². The van der Waals surface area contributed by atoms with Gasteiger partial charge in [0.05, 0.1) is 11.2 Å². The van der Waals surface area contributed by atoms with Crippen molar-refractivity contribution in [1.29, 1.82) is 0 Å². The zero-order valence-corrected chi connectivity index (χ0v) is 12.6. The van der Waals surface area contributed by atoms with Gasteiger partial charge in [0.25, 0.3) is 0 Å². The maximum absolute atomic E-state index is 12.5. The van der Waals surface area contributed by atoms with Crippen LogP contribution >= 0.6 is 0 Å². The summed E-state index contributed by atoms with van der Waals surface area (Å²) in [4.78, 5) is 0.198. The molecule has 6 heteroatoms. The van der Waals surface area contributed by atoms with Crippen LogP contribution < -0.4 is 5.73 Å². The maximum atomic E-state index is 12.5. The number of nitrogens with zero attached hydrogens (tertiary/aromatic N) is 1. The zero-order valence-electron chi connectivity index (χ0n) is 11.8. The van der Waals surface area contributed by atoms with E-state index in [2.05, 4.69) is 0 Å². The first-order valence-electron chi connectivity index (χ1n) is 6.18. The van der Waals surface area contributed by atoms with Gasteiger partial charge < -0.3 is 10.2 Å². The van der Waals surface area contributed by atoms with Crippen molar-refractivity contribution in [3.63, 3.8) is 0 Å². The van der Waals surface area contributed by atoms with Gasteiger partial charge in [0.1, 0.15) is 5.76 Å². The molecule has 2 N–H and O–H groups in total. The van der Waals surface area contributed by atoms with E-state index in [9.17, 15) is 8.42 Å². The minimum atomic E-state index is -3.56. The molecule has 0 aliphatic rings. The van der Waals surface area contributed by atoms with Crippen molar-refractivity contribution in [2.75, 3.05) is 12.8 Å². The average Bonchev–Trinajstić information content (AvgIpc) is 2.78. The summed E-state index contributed by atoms with van der Waals surface area (Å²) >= 11 is 0. The normalized spacial score (nSPS) is 12.0. The van der Waals surface area contributed by atoms with Gasteiger partial charge in [0, 0.05) is 24.8 Å². The highest BCUT2D eigenvalue weighted by Crippen LogP contribution is 2.22. The monoisotopic (exact) mass is 294 g/mol. The van der Waals surface area contributed by atoms with Crippen LogP contribution in [-0.4, -0.2) is 19.8 Å². The molecule has 0 aliphatic carbocycles. The van der Waals surface area contributed by atoms with Crippen LogP contribution in [0.4, 0.5) is 5.69 Å². The summed E-state index contributed by atoms with van der Waals surface area (Å²) in [5.74, 6) is 0.718. The first-order chi connectivity index (χ1) is 9.32. The Balaban J connectivity index is 2.29. The number of anilines is 1. The summed E-state index contributed by atoms with van der Waals surface area (Å²) in [6.45, 7) is 3.91. The van der Waals surface area contributed by atoms with Crippen molar-refractivity contribution >= 4 is 15.7 Å². The van der Waals surface area contributed by atoms with Crippen LogP contribution in [0.1, 0.15) is 16.9 Å². The fourth-order valence-electron chi connectivity index (χ4n) is 1.86. The van der Waals surface area contributed by atoms with Gasteiger partial charge in [-0.1, -0.05) is 6.07 Å². The van der Waals surface area contributed by atoms with Crippen molar-refractivity contribution in [3.05, 3.63) is 47.4 Å². The Morgan fingerprint density at radius 1 is 1.25 bits per heavy atom. The number of rotatable bonds is 4. The van der Waals surface area contributed by atoms with Gasteiger partial charge in [-0.3, -0.25) is 0 Å². The summed E-state index contributed by atoms with van der Waals surface area (Å²) in [7, 11) is -2.02. The topological polar surface area (TPSA) is 76.5 Å². The average molecular weight is 294 g/mol. The Morgan fingerprint density at radius 2 is 1.95 bits per heavy atom. The van der Waals surface area contributed by atoms with Crippen molar-refractivity contribution in [2.45, 2.75) is 25.3 Å². The molecule has 108 valence electrons. The molecule has 1 heterocycles. The lowest BCUT2D eigenvalue weighted by Crippen LogP contribution is -2.26. The number of furan rings is 1. The van der Waals surface area contributed by atoms with E-state index in [1.165, 1.54) is 17.4 Å². The highest BCUT2D eigenvalue weighted by atomic mass is 32.2. The molecule has 20 heavy (non-hydrogen) atoms. The summed E-state index contributed by atoms with van der Waals surface area (Å²) in [5.41, 5.74) is 7.95. The van der Waals surface area contributed by atoms with Crippen molar-refractivity contribution < 1.29 is 12.8 Å². The van der Waals surface area contributed by atoms with E-state index < -0.39 is 10.0 Å². The van der Waals surface area contributed by atoms with Gasteiger partial charge in [-0.25, -0.2) is 8.42 Å². The van der Waals surface area contributed by atoms with Gasteiger partial charge in [-0.2, -0.15) is 4.31 Å². The van der Waals surface area contributed by atoms with Crippen molar-refractivity contribution in [1.82, 2.24) is 4.31 Å². The number of nitrogen functional groups attached to an aromatic ring is 1. The first kappa shape index (κ1) is 14.6. The van der Waals surface area contributed by atoms with E-state index >= 15 is 0 Å². The predicted octanol–water partition coefficient (Wildman–Crippen LogP) is 2.30. The molecule has 5 nitrogen and oxygen atoms in total. The molecule has 0 bridgehead atoms. The van der Waals surface area contributed by atoms with Crippen LogP contribution in [0.5, 0.6) is 0 Å². The second-order valence-corrected chi connectivity index (χ2v) is 6.83. The number of nitrogens with two attached hydrogens (primary N) is 1. The largest absolute Gasteiger partial charge is 0.469 e. The fraction of sp³-hybridized carbons (Fsp3) is 0.286. The lowest BCUT2D eigenvalue weighted by molar-refractivity contribution is 0.459. The molecular formula is C14H18N2O3S. The van der Waals surface area contributed by atoms with E-state index in [4.69, 9.17) is 10.2 Å². The molecule has 0 fully saturated rings. The van der Waals surface area contributed by atoms with Gasteiger partial charge in [0.2, 0.25) is 10.0 Å². The van der Waals surface area contributed by atoms with Crippen molar-refractivity contribution in [3.8, 4) is 0 Å². The number of hydrogen-bond donors (Lipinski definition) is 1. The fourth-order valence-corrected chi connectivity index (χ4v) is 3.04. The third kappa shape index (κ3) is 2.71. The van der Waals surface area contributed by atoms with E-state index in [0.29, 0.717) is 5.69 Å². The molecule has 0 radical (unpaired) electrons. The second kappa shape index (κ2) is 5.30. The Bertz CT molecular complexity index is 720. The number of hydrogen-bond acceptors (Lipinski definition) is 4. The minimum Gasteiger partial charge on any atom is -0.469 e. The van der Waals surface area contributed by atoms with Gasteiger partial charge in [-0.15, -0.1) is 0 Å². The molecule has 0 aliphatic heterocycles. The molecule has 0 spiro atoms. The van der Waals surface area contributed by atoms with E-state index in [1.807, 2.05) is 6.92 Å². The molecule has 2 rings (SSSR count). The molecule has 0 amide bonds. The second-order valence-electron chi connectivity index (χ2n) is 4.78. The van der Waals surface area contributed by atoms with Gasteiger partial charge in [0.15, 0.2) is 0 Å². The molecule has 1 aromatic heterocycles. The molecular weight excluding hydrogens is 276 g/mol. The smallest absolute Gasteiger partial charge is 0.243 e. The third-order valence-corrected chi connectivity index (χ3v) is 5.12. The first-order valence-corrected chi connectivity index (χ1v) is 7.62. The van der Waals surface area contributed by atoms with Crippen LogP contribution in [0.2, 0.25) is 0 Å². The summed E-state index contributed by atoms with van der Waals surface area (Å²) in [5, 5.41) is 0. The summed E-state index contributed by atoms with van der Waals surface area (Å²) in [6, 6.07) is 6.53. The van der Waals surface area contributed by atoms with Crippen LogP contribution in [0.25, 0.3) is 0 Å². The summed E-state index contributed by atoms with van der Waals surface area (Å²) in [6.07, 6.45) is 1.55.